The second-order valence-electron chi connectivity index (χ2n) is 6.23. The van der Waals surface area contributed by atoms with Gasteiger partial charge in [-0.2, -0.15) is 4.31 Å². The zero-order valence-electron chi connectivity index (χ0n) is 13.2. The van der Waals surface area contributed by atoms with Gasteiger partial charge in [-0.3, -0.25) is 4.79 Å². The van der Waals surface area contributed by atoms with Crippen LogP contribution in [0.2, 0.25) is 0 Å². The fraction of sp³-hybridized carbons (Fsp3) is 0.562. The molecule has 2 saturated heterocycles. The Balaban J connectivity index is 1.94. The van der Waals surface area contributed by atoms with E-state index in [0.717, 1.165) is 35.7 Å². The highest BCUT2D eigenvalue weighted by molar-refractivity contribution is 7.89. The molecular weight excluding hydrogens is 338 g/mol. The van der Waals surface area contributed by atoms with E-state index in [1.165, 1.54) is 0 Å². The average Bonchev–Trinajstić information content (AvgIpc) is 3.11. The van der Waals surface area contributed by atoms with Gasteiger partial charge in [0.25, 0.3) is 0 Å². The summed E-state index contributed by atoms with van der Waals surface area (Å²) in [6, 6.07) is 1.52. The van der Waals surface area contributed by atoms with Crippen LogP contribution in [0.5, 0.6) is 0 Å². The summed E-state index contributed by atoms with van der Waals surface area (Å²) in [6.07, 6.45) is 3.56. The Morgan fingerprint density at radius 1 is 1.04 bits per heavy atom. The molecule has 1 aromatic carbocycles. The van der Waals surface area contributed by atoms with E-state index in [0.29, 0.717) is 32.0 Å². The number of amides is 1. The zero-order valence-corrected chi connectivity index (χ0v) is 14.1. The highest BCUT2D eigenvalue weighted by Gasteiger charge is 2.40. The van der Waals surface area contributed by atoms with Crippen LogP contribution in [0.1, 0.15) is 32.1 Å². The molecule has 2 aliphatic rings. The van der Waals surface area contributed by atoms with Crippen LogP contribution in [-0.2, 0) is 14.8 Å². The van der Waals surface area contributed by atoms with Gasteiger partial charge in [-0.05, 0) is 43.9 Å². The summed E-state index contributed by atoms with van der Waals surface area (Å²) in [5.41, 5.74) is 0. The third-order valence-corrected chi connectivity index (χ3v) is 6.56. The molecular formula is C16H20F2N2O3S. The summed E-state index contributed by atoms with van der Waals surface area (Å²) in [5, 5.41) is 0. The topological polar surface area (TPSA) is 57.7 Å². The number of hydrogen-bond acceptors (Lipinski definition) is 3. The van der Waals surface area contributed by atoms with Crippen LogP contribution in [0, 0.1) is 11.6 Å². The minimum absolute atomic E-state index is 0.141. The van der Waals surface area contributed by atoms with E-state index in [9.17, 15) is 22.0 Å². The number of hydrogen-bond donors (Lipinski definition) is 0. The first kappa shape index (κ1) is 17.3. The number of rotatable bonds is 3. The van der Waals surface area contributed by atoms with Gasteiger partial charge in [0, 0.05) is 19.6 Å². The molecule has 132 valence electrons. The van der Waals surface area contributed by atoms with Gasteiger partial charge in [-0.1, -0.05) is 6.42 Å². The van der Waals surface area contributed by atoms with Crippen molar-refractivity contribution in [3.63, 3.8) is 0 Å². The Bertz CT molecular complexity index is 733. The summed E-state index contributed by atoms with van der Waals surface area (Å²) in [6.45, 7) is 1.39. The quantitative estimate of drug-likeness (QED) is 0.832. The Morgan fingerprint density at radius 2 is 1.71 bits per heavy atom. The van der Waals surface area contributed by atoms with E-state index >= 15 is 0 Å². The van der Waals surface area contributed by atoms with Crippen LogP contribution in [0.15, 0.2) is 23.1 Å². The molecule has 8 heteroatoms. The normalized spacial score (nSPS) is 22.8. The number of carbonyl (C=O) groups excluding carboxylic acids is 1. The smallest absolute Gasteiger partial charge is 0.246 e. The van der Waals surface area contributed by atoms with Crippen molar-refractivity contribution < 1.29 is 22.0 Å². The van der Waals surface area contributed by atoms with Crippen LogP contribution >= 0.6 is 0 Å². The Morgan fingerprint density at radius 3 is 2.42 bits per heavy atom. The lowest BCUT2D eigenvalue weighted by molar-refractivity contribution is -0.135. The molecule has 0 unspecified atom stereocenters. The Labute approximate surface area is 140 Å². The van der Waals surface area contributed by atoms with Crippen molar-refractivity contribution >= 4 is 15.9 Å². The van der Waals surface area contributed by atoms with Crippen LogP contribution in [0.4, 0.5) is 8.78 Å². The summed E-state index contributed by atoms with van der Waals surface area (Å²) >= 11 is 0. The van der Waals surface area contributed by atoms with E-state index in [1.807, 2.05) is 0 Å². The highest BCUT2D eigenvalue weighted by atomic mass is 32.2. The van der Waals surface area contributed by atoms with Gasteiger partial charge in [0.1, 0.15) is 22.6 Å². The second kappa shape index (κ2) is 6.76. The van der Waals surface area contributed by atoms with Crippen LogP contribution < -0.4 is 0 Å². The molecule has 0 aliphatic carbocycles. The van der Waals surface area contributed by atoms with Crippen LogP contribution in [0.25, 0.3) is 0 Å². The summed E-state index contributed by atoms with van der Waals surface area (Å²) in [7, 11) is -4.27. The molecule has 2 fully saturated rings. The van der Waals surface area contributed by atoms with Crippen LogP contribution in [-0.4, -0.2) is 49.2 Å². The predicted molar refractivity (Wildman–Crippen MR) is 83.7 cm³/mol. The van der Waals surface area contributed by atoms with Gasteiger partial charge >= 0.3 is 0 Å². The third-order valence-electron chi connectivity index (χ3n) is 4.64. The SMILES string of the molecule is O=C([C@@H]1CCCCN1S(=O)(=O)c1cc(F)ccc1F)N1CCCC1. The molecule has 1 aromatic rings. The predicted octanol–water partition coefficient (Wildman–Crippen LogP) is 2.13. The minimum atomic E-state index is -4.27. The fourth-order valence-corrected chi connectivity index (χ4v) is 5.12. The molecule has 24 heavy (non-hydrogen) atoms. The minimum Gasteiger partial charge on any atom is -0.341 e. The first-order chi connectivity index (χ1) is 11.4. The van der Waals surface area contributed by atoms with Crippen molar-refractivity contribution in [1.82, 2.24) is 9.21 Å². The zero-order chi connectivity index (χ0) is 17.3. The van der Waals surface area contributed by atoms with Crippen molar-refractivity contribution in [3.05, 3.63) is 29.8 Å². The number of sulfonamides is 1. The number of nitrogens with zero attached hydrogens (tertiary/aromatic N) is 2. The standard InChI is InChI=1S/C16H20F2N2O3S/c17-12-6-7-13(18)15(11-12)24(22,23)20-10-2-1-5-14(20)16(21)19-8-3-4-9-19/h6-7,11,14H,1-5,8-10H2/t14-/m0/s1. The first-order valence-corrected chi connectivity index (χ1v) is 9.61. The van der Waals surface area contributed by atoms with E-state index in [1.54, 1.807) is 4.90 Å². The molecule has 2 aliphatic heterocycles. The van der Waals surface area contributed by atoms with Crippen molar-refractivity contribution in [2.75, 3.05) is 19.6 Å². The lowest BCUT2D eigenvalue weighted by Gasteiger charge is -2.35. The van der Waals surface area contributed by atoms with Gasteiger partial charge < -0.3 is 4.90 Å². The van der Waals surface area contributed by atoms with Gasteiger partial charge in [-0.15, -0.1) is 0 Å². The highest BCUT2D eigenvalue weighted by Crippen LogP contribution is 2.29. The van der Waals surface area contributed by atoms with Crippen molar-refractivity contribution in [1.29, 1.82) is 0 Å². The number of carbonyl (C=O) groups is 1. The van der Waals surface area contributed by atoms with E-state index < -0.39 is 32.6 Å². The number of benzene rings is 1. The molecule has 5 nitrogen and oxygen atoms in total. The van der Waals surface area contributed by atoms with E-state index in [2.05, 4.69) is 0 Å². The maximum Gasteiger partial charge on any atom is 0.246 e. The number of halogens is 2. The first-order valence-electron chi connectivity index (χ1n) is 8.17. The van der Waals surface area contributed by atoms with Crippen molar-refractivity contribution in [2.24, 2.45) is 0 Å². The summed E-state index contributed by atoms with van der Waals surface area (Å²) in [5.74, 6) is -2.06. The molecule has 0 N–H and O–H groups in total. The molecule has 0 aromatic heterocycles. The molecule has 0 spiro atoms. The summed E-state index contributed by atoms with van der Waals surface area (Å²) in [4.78, 5) is 13.7. The molecule has 0 radical (unpaired) electrons. The second-order valence-corrected chi connectivity index (χ2v) is 8.09. The third kappa shape index (κ3) is 3.17. The van der Waals surface area contributed by atoms with E-state index in [-0.39, 0.29) is 12.5 Å². The molecule has 1 amide bonds. The van der Waals surface area contributed by atoms with Crippen LogP contribution in [0.3, 0.4) is 0 Å². The van der Waals surface area contributed by atoms with Gasteiger partial charge in [-0.25, -0.2) is 17.2 Å². The Kier molecular flexibility index (Phi) is 4.87. The Hall–Kier alpha value is -1.54. The fourth-order valence-electron chi connectivity index (χ4n) is 3.39. The lowest BCUT2D eigenvalue weighted by atomic mass is 10.0. The number of likely N-dealkylation sites (tertiary alicyclic amines) is 1. The molecule has 0 saturated carbocycles. The monoisotopic (exact) mass is 358 g/mol. The maximum absolute atomic E-state index is 14.0. The van der Waals surface area contributed by atoms with Crippen molar-refractivity contribution in [2.45, 2.75) is 43.0 Å². The lowest BCUT2D eigenvalue weighted by Crippen LogP contribution is -2.52. The molecule has 2 heterocycles. The summed E-state index contributed by atoms with van der Waals surface area (Å²) < 4.78 is 54.1. The largest absolute Gasteiger partial charge is 0.341 e. The number of piperidine rings is 1. The molecule has 3 rings (SSSR count). The average molecular weight is 358 g/mol. The van der Waals surface area contributed by atoms with E-state index in [4.69, 9.17) is 0 Å². The van der Waals surface area contributed by atoms with Gasteiger partial charge in [0.15, 0.2) is 0 Å². The molecule has 0 bridgehead atoms. The van der Waals surface area contributed by atoms with Gasteiger partial charge in [0.05, 0.1) is 0 Å². The van der Waals surface area contributed by atoms with Crippen molar-refractivity contribution in [3.8, 4) is 0 Å². The maximum atomic E-state index is 14.0. The van der Waals surface area contributed by atoms with Gasteiger partial charge in [0.2, 0.25) is 15.9 Å². The molecule has 1 atom stereocenters.